The largest absolute Gasteiger partial charge is 0.391 e. The molecule has 0 heterocycles. The van der Waals surface area contributed by atoms with E-state index < -0.39 is 41.3 Å². The minimum absolute atomic E-state index is 0.114. The fourth-order valence-corrected chi connectivity index (χ4v) is 3.97. The van der Waals surface area contributed by atoms with Crippen LogP contribution in [0.4, 0.5) is 22.0 Å². The Hall–Kier alpha value is -2.73. The molecule has 3 aromatic carbocycles. The van der Waals surface area contributed by atoms with Crippen LogP contribution in [0.3, 0.4) is 0 Å². The predicted molar refractivity (Wildman–Crippen MR) is 120 cm³/mol. The van der Waals surface area contributed by atoms with Crippen LogP contribution in [0.25, 0.3) is 22.3 Å². The van der Waals surface area contributed by atoms with Gasteiger partial charge >= 0.3 is 0 Å². The molecule has 6 heteroatoms. The van der Waals surface area contributed by atoms with Crippen LogP contribution in [0.5, 0.6) is 0 Å². The molecule has 0 saturated heterocycles. The lowest BCUT2D eigenvalue weighted by Crippen LogP contribution is -2.02. The summed E-state index contributed by atoms with van der Waals surface area (Å²) in [6.45, 7) is 1.29. The van der Waals surface area contributed by atoms with Crippen molar-refractivity contribution in [2.24, 2.45) is 0 Å². The topological polar surface area (TPSA) is 20.2 Å². The second kappa shape index (κ2) is 11.4. The van der Waals surface area contributed by atoms with Crippen LogP contribution in [-0.4, -0.2) is 5.11 Å². The van der Waals surface area contributed by atoms with Crippen molar-refractivity contribution in [3.8, 4) is 22.3 Å². The van der Waals surface area contributed by atoms with Gasteiger partial charge in [-0.2, -0.15) is 0 Å². The molecule has 3 aromatic rings. The monoisotopic (exact) mass is 462 g/mol. The molecule has 0 radical (unpaired) electrons. The van der Waals surface area contributed by atoms with Gasteiger partial charge in [0, 0.05) is 11.1 Å². The second-order valence-electron chi connectivity index (χ2n) is 8.20. The Morgan fingerprint density at radius 2 is 1.27 bits per heavy atom. The smallest absolute Gasteiger partial charge is 0.194 e. The highest BCUT2D eigenvalue weighted by Gasteiger charge is 2.22. The van der Waals surface area contributed by atoms with Gasteiger partial charge in [0.15, 0.2) is 17.5 Å². The van der Waals surface area contributed by atoms with Gasteiger partial charge in [-0.15, -0.1) is 0 Å². The number of hydrogen-bond donors (Lipinski definition) is 1. The van der Waals surface area contributed by atoms with Crippen LogP contribution < -0.4 is 0 Å². The van der Waals surface area contributed by atoms with E-state index in [2.05, 4.69) is 6.92 Å². The maximum absolute atomic E-state index is 15.2. The van der Waals surface area contributed by atoms with Gasteiger partial charge in [0.1, 0.15) is 11.6 Å². The number of unbranched alkanes of at least 4 members (excludes halogenated alkanes) is 5. The summed E-state index contributed by atoms with van der Waals surface area (Å²) in [5.74, 6) is -6.67. The van der Waals surface area contributed by atoms with Crippen molar-refractivity contribution in [3.05, 3.63) is 82.7 Å². The lowest BCUT2D eigenvalue weighted by atomic mass is 9.91. The number of halogens is 5. The predicted octanol–water partition coefficient (Wildman–Crippen LogP) is 8.11. The molecule has 0 fully saturated rings. The van der Waals surface area contributed by atoms with Gasteiger partial charge in [-0.05, 0) is 53.3 Å². The molecule has 0 aromatic heterocycles. The van der Waals surface area contributed by atoms with E-state index in [4.69, 9.17) is 0 Å². The summed E-state index contributed by atoms with van der Waals surface area (Å²) in [7, 11) is 0. The number of rotatable bonds is 10. The Balaban J connectivity index is 1.95. The molecule has 3 rings (SSSR count). The molecule has 0 bridgehead atoms. The van der Waals surface area contributed by atoms with Crippen LogP contribution in [0.2, 0.25) is 0 Å². The average Bonchev–Trinajstić information content (AvgIpc) is 2.80. The highest BCUT2D eigenvalue weighted by Crippen LogP contribution is 2.38. The lowest BCUT2D eigenvalue weighted by molar-refractivity contribution is 0.269. The van der Waals surface area contributed by atoms with E-state index >= 15 is 4.39 Å². The molecule has 0 spiro atoms. The third-order valence-corrected chi connectivity index (χ3v) is 5.83. The van der Waals surface area contributed by atoms with Gasteiger partial charge in [0.05, 0.1) is 6.61 Å². The van der Waals surface area contributed by atoms with Gasteiger partial charge in [-0.25, -0.2) is 22.0 Å². The average molecular weight is 463 g/mol. The van der Waals surface area contributed by atoms with Crippen LogP contribution in [0.15, 0.2) is 42.5 Å². The van der Waals surface area contributed by atoms with E-state index in [1.807, 2.05) is 12.1 Å². The molecule has 0 aliphatic carbocycles. The summed E-state index contributed by atoms with van der Waals surface area (Å²) in [4.78, 5) is 0. The molecular formula is C27H27F5O. The van der Waals surface area contributed by atoms with Crippen molar-refractivity contribution < 1.29 is 27.1 Å². The Bertz CT molecular complexity index is 1070. The summed E-state index contributed by atoms with van der Waals surface area (Å²) >= 11 is 0. The zero-order chi connectivity index (χ0) is 24.0. The molecule has 0 saturated carbocycles. The maximum Gasteiger partial charge on any atom is 0.194 e. The zero-order valence-corrected chi connectivity index (χ0v) is 18.5. The molecule has 33 heavy (non-hydrogen) atoms. The molecule has 0 atom stereocenters. The first kappa shape index (κ1) is 24.9. The fraction of sp³-hybridized carbons (Fsp3) is 0.333. The van der Waals surface area contributed by atoms with E-state index in [9.17, 15) is 22.7 Å². The van der Waals surface area contributed by atoms with Gasteiger partial charge < -0.3 is 5.11 Å². The molecule has 0 unspecified atom stereocenters. The standard InChI is InChI=1S/C27H27F5O/c1-2-3-4-5-6-7-8-17-9-11-18(12-10-17)25-20(15-22(28)21(16-33)26(25)31)19-13-23(29)27(32)24(30)14-19/h9-15,33H,2-8,16H2,1H3. The Kier molecular flexibility index (Phi) is 8.61. The zero-order valence-electron chi connectivity index (χ0n) is 18.5. The van der Waals surface area contributed by atoms with Crippen LogP contribution >= 0.6 is 0 Å². The fourth-order valence-electron chi connectivity index (χ4n) is 3.97. The first-order chi connectivity index (χ1) is 15.9. The van der Waals surface area contributed by atoms with Gasteiger partial charge in [-0.3, -0.25) is 0 Å². The minimum Gasteiger partial charge on any atom is -0.391 e. The minimum atomic E-state index is -1.66. The molecular weight excluding hydrogens is 435 g/mol. The van der Waals surface area contributed by atoms with Crippen LogP contribution in [0, 0.1) is 29.1 Å². The Labute approximate surface area is 190 Å². The number of benzene rings is 3. The van der Waals surface area contributed by atoms with E-state index in [1.165, 1.54) is 25.7 Å². The van der Waals surface area contributed by atoms with E-state index in [0.29, 0.717) is 17.7 Å². The summed E-state index contributed by atoms with van der Waals surface area (Å²) in [5, 5.41) is 9.43. The third-order valence-electron chi connectivity index (χ3n) is 5.83. The third kappa shape index (κ3) is 5.80. The molecule has 0 amide bonds. The number of aryl methyl sites for hydroxylation is 1. The van der Waals surface area contributed by atoms with Crippen LogP contribution in [-0.2, 0) is 13.0 Å². The maximum atomic E-state index is 15.2. The van der Waals surface area contributed by atoms with Gasteiger partial charge in [-0.1, -0.05) is 63.3 Å². The van der Waals surface area contributed by atoms with E-state index in [1.54, 1.807) is 12.1 Å². The van der Waals surface area contributed by atoms with Crippen LogP contribution in [0.1, 0.15) is 56.6 Å². The quantitative estimate of drug-likeness (QED) is 0.183. The summed E-state index contributed by atoms with van der Waals surface area (Å²) in [5.41, 5.74) is 0.405. The highest BCUT2D eigenvalue weighted by molar-refractivity contribution is 5.84. The van der Waals surface area contributed by atoms with Gasteiger partial charge in [0.2, 0.25) is 0 Å². The molecule has 0 aliphatic heterocycles. The number of hydrogen-bond acceptors (Lipinski definition) is 1. The first-order valence-electron chi connectivity index (χ1n) is 11.2. The summed E-state index contributed by atoms with van der Waals surface area (Å²) < 4.78 is 70.8. The van der Waals surface area contributed by atoms with Crippen molar-refractivity contribution in [1.82, 2.24) is 0 Å². The number of aliphatic hydroxyl groups excluding tert-OH is 1. The van der Waals surface area contributed by atoms with Crippen molar-refractivity contribution >= 4 is 0 Å². The lowest BCUT2D eigenvalue weighted by Gasteiger charge is -2.16. The molecule has 176 valence electrons. The Morgan fingerprint density at radius 1 is 0.667 bits per heavy atom. The Morgan fingerprint density at radius 3 is 1.88 bits per heavy atom. The molecule has 1 N–H and O–H groups in total. The van der Waals surface area contributed by atoms with Crippen molar-refractivity contribution in [2.45, 2.75) is 58.5 Å². The SMILES string of the molecule is CCCCCCCCc1ccc(-c2c(-c3cc(F)c(F)c(F)c3)cc(F)c(CO)c2F)cc1. The summed E-state index contributed by atoms with van der Waals surface area (Å²) in [6.07, 6.45) is 7.85. The second-order valence-corrected chi connectivity index (χ2v) is 8.20. The van der Waals surface area contributed by atoms with Crippen molar-refractivity contribution in [2.75, 3.05) is 0 Å². The number of aliphatic hydroxyl groups is 1. The van der Waals surface area contributed by atoms with E-state index in [0.717, 1.165) is 30.9 Å². The van der Waals surface area contributed by atoms with Crippen molar-refractivity contribution in [1.29, 1.82) is 0 Å². The first-order valence-corrected chi connectivity index (χ1v) is 11.2. The van der Waals surface area contributed by atoms with E-state index in [-0.39, 0.29) is 16.7 Å². The highest BCUT2D eigenvalue weighted by atomic mass is 19.2. The molecule has 0 aliphatic rings. The summed E-state index contributed by atoms with van der Waals surface area (Å²) in [6, 6.07) is 9.27. The molecule has 1 nitrogen and oxygen atoms in total. The van der Waals surface area contributed by atoms with Gasteiger partial charge in [0.25, 0.3) is 0 Å². The van der Waals surface area contributed by atoms with Crippen molar-refractivity contribution in [3.63, 3.8) is 0 Å². The normalized spacial score (nSPS) is 11.2.